The van der Waals surface area contributed by atoms with Crippen molar-refractivity contribution in [3.8, 4) is 22.8 Å². The minimum absolute atomic E-state index is 0.427. The summed E-state index contributed by atoms with van der Waals surface area (Å²) in [5.74, 6) is 1.07. The lowest BCUT2D eigenvalue weighted by Crippen LogP contribution is -2.19. The Hall–Kier alpha value is -2.74. The van der Waals surface area contributed by atoms with Crippen LogP contribution < -0.4 is 11.1 Å². The van der Waals surface area contributed by atoms with Crippen molar-refractivity contribution in [1.29, 1.82) is 0 Å². The summed E-state index contributed by atoms with van der Waals surface area (Å²) in [6, 6.07) is 9.00. The molecule has 0 saturated heterocycles. The van der Waals surface area contributed by atoms with Gasteiger partial charge in [-0.25, -0.2) is 14.8 Å². The highest BCUT2D eigenvalue weighted by molar-refractivity contribution is 9.10. The molecule has 4 rings (SSSR count). The topological polar surface area (TPSA) is 98.7 Å². The number of primary amides is 1. The van der Waals surface area contributed by atoms with Crippen molar-refractivity contribution in [2.24, 2.45) is 5.73 Å². The molecule has 0 bridgehead atoms. The molecule has 25 heavy (non-hydrogen) atoms. The maximum atomic E-state index is 11.1. The molecule has 0 unspecified atom stereocenters. The van der Waals surface area contributed by atoms with Gasteiger partial charge in [0.25, 0.3) is 0 Å². The van der Waals surface area contributed by atoms with Crippen LogP contribution in [0.1, 0.15) is 12.0 Å². The number of benzene rings is 1. The first kappa shape index (κ1) is 15.8. The lowest BCUT2D eigenvalue weighted by Gasteiger charge is -2.08. The number of nitrogens with one attached hydrogen (secondary N) is 1. The molecule has 7 nitrogen and oxygen atoms in total. The second-order valence-electron chi connectivity index (χ2n) is 5.78. The van der Waals surface area contributed by atoms with Crippen LogP contribution in [-0.2, 0) is 13.0 Å². The number of halogens is 1. The highest BCUT2D eigenvalue weighted by Gasteiger charge is 2.20. The zero-order valence-electron chi connectivity index (χ0n) is 13.2. The number of nitrogens with two attached hydrogens (primary N) is 1. The van der Waals surface area contributed by atoms with E-state index < -0.39 is 6.03 Å². The van der Waals surface area contributed by atoms with Gasteiger partial charge < -0.3 is 5.73 Å². The average Bonchev–Trinajstić information content (AvgIpc) is 2.89. The van der Waals surface area contributed by atoms with Gasteiger partial charge >= 0.3 is 6.03 Å². The number of urea groups is 1. The number of rotatable bonds is 2. The fourth-order valence-electron chi connectivity index (χ4n) is 2.97. The second-order valence-corrected chi connectivity index (χ2v) is 6.63. The molecular weight excluding hydrogens is 384 g/mol. The molecule has 0 spiro atoms. The normalized spacial score (nSPS) is 12.8. The monoisotopic (exact) mass is 398 g/mol. The van der Waals surface area contributed by atoms with E-state index in [1.807, 2.05) is 35.1 Å². The van der Waals surface area contributed by atoms with Crippen molar-refractivity contribution in [1.82, 2.24) is 19.7 Å². The number of nitrogens with zero attached hydrogens (tertiary/aromatic N) is 4. The smallest absolute Gasteiger partial charge is 0.317 e. The fourth-order valence-corrected chi connectivity index (χ4v) is 3.43. The Balaban J connectivity index is 1.84. The molecular formula is C17H15BrN6O. The zero-order valence-corrected chi connectivity index (χ0v) is 14.8. The van der Waals surface area contributed by atoms with Crippen LogP contribution in [0.3, 0.4) is 0 Å². The largest absolute Gasteiger partial charge is 0.351 e. The van der Waals surface area contributed by atoms with Crippen molar-refractivity contribution < 1.29 is 4.79 Å². The Bertz CT molecular complexity index is 968. The molecule has 0 atom stereocenters. The minimum atomic E-state index is -0.634. The summed E-state index contributed by atoms with van der Waals surface area (Å²) in [4.78, 5) is 20.4. The van der Waals surface area contributed by atoms with Crippen LogP contribution in [0, 0.1) is 0 Å². The van der Waals surface area contributed by atoms with Gasteiger partial charge in [-0.05, 0) is 24.5 Å². The zero-order chi connectivity index (χ0) is 17.4. The van der Waals surface area contributed by atoms with Crippen LogP contribution >= 0.6 is 15.9 Å². The van der Waals surface area contributed by atoms with Crippen molar-refractivity contribution in [3.63, 3.8) is 0 Å². The van der Waals surface area contributed by atoms with Gasteiger partial charge in [-0.3, -0.25) is 10.00 Å². The van der Waals surface area contributed by atoms with Crippen LogP contribution in [0.25, 0.3) is 22.8 Å². The van der Waals surface area contributed by atoms with Gasteiger partial charge in [0.15, 0.2) is 11.6 Å². The molecule has 1 aliphatic rings. The number of aryl methyl sites for hydroxylation is 2. The standard InChI is InChI=1S/C17H15BrN6O/c18-12-6-2-1-5-11(12)16-20-9-10-4-3-7-24-13(15(10)22-16)8-14(23-24)21-17(19)25/h1-2,5-6,8-9H,3-4,7H2,(H3,19,21,23,25). The lowest BCUT2D eigenvalue weighted by molar-refractivity contribution is 0.259. The third-order valence-electron chi connectivity index (χ3n) is 4.07. The summed E-state index contributed by atoms with van der Waals surface area (Å²) in [7, 11) is 0. The van der Waals surface area contributed by atoms with Gasteiger partial charge in [0.05, 0.1) is 11.4 Å². The van der Waals surface area contributed by atoms with Gasteiger partial charge in [-0.1, -0.05) is 34.1 Å². The number of anilines is 1. The predicted octanol–water partition coefficient (Wildman–Crippen LogP) is 3.21. The molecule has 3 aromatic rings. The molecule has 3 heterocycles. The molecule has 3 N–H and O–H groups in total. The second kappa shape index (κ2) is 6.29. The fraction of sp³-hybridized carbons (Fsp3) is 0.176. The van der Waals surface area contributed by atoms with E-state index in [1.165, 1.54) is 0 Å². The Kier molecular flexibility index (Phi) is 3.96. The quantitative estimate of drug-likeness (QED) is 0.691. The van der Waals surface area contributed by atoms with E-state index in [2.05, 4.69) is 31.3 Å². The van der Waals surface area contributed by atoms with Gasteiger partial charge in [0.1, 0.15) is 0 Å². The van der Waals surface area contributed by atoms with Crippen LogP contribution in [-0.4, -0.2) is 25.8 Å². The van der Waals surface area contributed by atoms with E-state index in [9.17, 15) is 4.79 Å². The molecule has 0 saturated carbocycles. The SMILES string of the molecule is NC(=O)Nc1cc2n(n1)CCCc1cnc(-c3ccccc3Br)nc1-2. The molecule has 126 valence electrons. The third kappa shape index (κ3) is 3.00. The van der Waals surface area contributed by atoms with Crippen molar-refractivity contribution in [2.75, 3.05) is 5.32 Å². The first-order chi connectivity index (χ1) is 12.1. The Morgan fingerprint density at radius 2 is 2.16 bits per heavy atom. The Morgan fingerprint density at radius 1 is 1.32 bits per heavy atom. The number of amides is 2. The van der Waals surface area contributed by atoms with E-state index in [4.69, 9.17) is 10.7 Å². The number of carbonyl (C=O) groups is 1. The third-order valence-corrected chi connectivity index (χ3v) is 4.76. The molecule has 1 aliphatic heterocycles. The first-order valence-electron chi connectivity index (χ1n) is 7.87. The summed E-state index contributed by atoms with van der Waals surface area (Å²) >= 11 is 3.55. The molecule has 0 fully saturated rings. The molecule has 2 aromatic heterocycles. The van der Waals surface area contributed by atoms with Crippen LogP contribution in [0.15, 0.2) is 41.0 Å². The maximum Gasteiger partial charge on any atom is 0.317 e. The lowest BCUT2D eigenvalue weighted by atomic mass is 10.1. The van der Waals surface area contributed by atoms with Crippen molar-refractivity contribution >= 4 is 27.8 Å². The first-order valence-corrected chi connectivity index (χ1v) is 8.66. The highest BCUT2D eigenvalue weighted by atomic mass is 79.9. The van der Waals surface area contributed by atoms with E-state index >= 15 is 0 Å². The summed E-state index contributed by atoms with van der Waals surface area (Å²) < 4.78 is 2.79. The van der Waals surface area contributed by atoms with E-state index in [1.54, 1.807) is 6.07 Å². The highest BCUT2D eigenvalue weighted by Crippen LogP contribution is 2.32. The summed E-state index contributed by atoms with van der Waals surface area (Å²) in [5.41, 5.74) is 8.88. The Morgan fingerprint density at radius 3 is 2.96 bits per heavy atom. The van der Waals surface area contributed by atoms with Gasteiger partial charge in [0.2, 0.25) is 0 Å². The number of aromatic nitrogens is 4. The maximum absolute atomic E-state index is 11.1. The van der Waals surface area contributed by atoms with E-state index in [-0.39, 0.29) is 0 Å². The van der Waals surface area contributed by atoms with Crippen molar-refractivity contribution in [2.45, 2.75) is 19.4 Å². The summed E-state index contributed by atoms with van der Waals surface area (Å²) in [6.45, 7) is 0.747. The van der Waals surface area contributed by atoms with Crippen LogP contribution in [0.2, 0.25) is 0 Å². The van der Waals surface area contributed by atoms with E-state index in [0.29, 0.717) is 11.6 Å². The number of hydrogen-bond acceptors (Lipinski definition) is 4. The van der Waals surface area contributed by atoms with Crippen LogP contribution in [0.5, 0.6) is 0 Å². The number of fused-ring (bicyclic) bond motifs is 3. The van der Waals surface area contributed by atoms with E-state index in [0.717, 1.165) is 46.4 Å². The number of hydrogen-bond donors (Lipinski definition) is 2. The van der Waals surface area contributed by atoms with Crippen LogP contribution in [0.4, 0.5) is 10.6 Å². The molecule has 8 heteroatoms. The van der Waals surface area contributed by atoms with Gasteiger partial charge in [-0.2, -0.15) is 5.10 Å². The molecule has 2 amide bonds. The summed E-state index contributed by atoms with van der Waals surface area (Å²) in [6.07, 6.45) is 3.68. The molecule has 0 aliphatic carbocycles. The summed E-state index contributed by atoms with van der Waals surface area (Å²) in [5, 5.41) is 6.93. The molecule has 1 aromatic carbocycles. The minimum Gasteiger partial charge on any atom is -0.351 e. The Labute approximate surface area is 152 Å². The van der Waals surface area contributed by atoms with Gasteiger partial charge in [-0.15, -0.1) is 0 Å². The van der Waals surface area contributed by atoms with Gasteiger partial charge in [0, 0.05) is 28.8 Å². The predicted molar refractivity (Wildman–Crippen MR) is 97.9 cm³/mol. The molecule has 0 radical (unpaired) electrons. The average molecular weight is 399 g/mol. The number of carbonyl (C=O) groups excluding carboxylic acids is 1. The van der Waals surface area contributed by atoms with Crippen molar-refractivity contribution in [3.05, 3.63) is 46.6 Å².